The smallest absolute Gasteiger partial charge is 0.123 e. The number of aryl methyl sites for hydroxylation is 3. The van der Waals surface area contributed by atoms with Gasteiger partial charge >= 0.3 is 0 Å². The summed E-state index contributed by atoms with van der Waals surface area (Å²) >= 11 is 1.68. The molecule has 0 amide bonds. The summed E-state index contributed by atoms with van der Waals surface area (Å²) in [5.74, 6) is 0. The number of aliphatic hydroxyl groups is 1. The first kappa shape index (κ1) is 12.3. The largest absolute Gasteiger partial charge is 0.396 e. The number of hydrogen-bond acceptors (Lipinski definition) is 3. The predicted octanol–water partition coefficient (Wildman–Crippen LogP) is 3.27. The molecule has 0 aliphatic heterocycles. The Morgan fingerprint density at radius 1 is 1.18 bits per heavy atom. The van der Waals surface area contributed by atoms with Crippen molar-refractivity contribution >= 4 is 11.3 Å². The number of aliphatic hydroxyl groups excluding tert-OH is 1. The molecule has 0 saturated carbocycles. The molecule has 0 spiro atoms. The standard InChI is InChI=1S/C14H17NOS/c1-9-4-5-12(8-10(9)2)14-15-11(3)13(17-14)6-7-16/h4-5,8,16H,6-7H2,1-3H3. The molecular weight excluding hydrogens is 230 g/mol. The van der Waals surface area contributed by atoms with Gasteiger partial charge in [-0.15, -0.1) is 11.3 Å². The van der Waals surface area contributed by atoms with Crippen LogP contribution >= 0.6 is 11.3 Å². The summed E-state index contributed by atoms with van der Waals surface area (Å²) in [6, 6.07) is 6.42. The molecular formula is C14H17NOS. The van der Waals surface area contributed by atoms with Crippen molar-refractivity contribution in [2.24, 2.45) is 0 Å². The minimum atomic E-state index is 0.190. The van der Waals surface area contributed by atoms with Crippen LogP contribution < -0.4 is 0 Å². The Hall–Kier alpha value is -1.19. The third-order valence-electron chi connectivity index (χ3n) is 2.99. The maximum Gasteiger partial charge on any atom is 0.123 e. The highest BCUT2D eigenvalue weighted by atomic mass is 32.1. The maximum atomic E-state index is 8.98. The van der Waals surface area contributed by atoms with E-state index in [9.17, 15) is 0 Å². The summed E-state index contributed by atoms with van der Waals surface area (Å²) in [7, 11) is 0. The average Bonchev–Trinajstić information content (AvgIpc) is 2.65. The van der Waals surface area contributed by atoms with Crippen molar-refractivity contribution in [2.45, 2.75) is 27.2 Å². The first-order chi connectivity index (χ1) is 8.11. The summed E-state index contributed by atoms with van der Waals surface area (Å²) in [4.78, 5) is 5.76. The molecule has 1 aromatic carbocycles. The molecule has 1 aromatic heterocycles. The van der Waals surface area contributed by atoms with Crippen LogP contribution in [0.1, 0.15) is 21.7 Å². The number of hydrogen-bond donors (Lipinski definition) is 1. The van der Waals surface area contributed by atoms with Crippen molar-refractivity contribution in [3.8, 4) is 10.6 Å². The van der Waals surface area contributed by atoms with Gasteiger partial charge in [0.2, 0.25) is 0 Å². The van der Waals surface area contributed by atoms with Crippen LogP contribution in [0.4, 0.5) is 0 Å². The van der Waals surface area contributed by atoms with Crippen molar-refractivity contribution in [3.63, 3.8) is 0 Å². The normalized spacial score (nSPS) is 10.8. The molecule has 2 nitrogen and oxygen atoms in total. The van der Waals surface area contributed by atoms with Gasteiger partial charge in [-0.05, 0) is 38.0 Å². The molecule has 3 heteroatoms. The maximum absolute atomic E-state index is 8.98. The van der Waals surface area contributed by atoms with E-state index in [0.717, 1.165) is 10.7 Å². The van der Waals surface area contributed by atoms with E-state index in [2.05, 4.69) is 37.0 Å². The summed E-state index contributed by atoms with van der Waals surface area (Å²) in [6.07, 6.45) is 0.703. The molecule has 0 aliphatic rings. The lowest BCUT2D eigenvalue weighted by Gasteiger charge is -2.01. The van der Waals surface area contributed by atoms with Gasteiger partial charge in [-0.3, -0.25) is 0 Å². The van der Waals surface area contributed by atoms with Gasteiger partial charge in [0.1, 0.15) is 5.01 Å². The SMILES string of the molecule is Cc1ccc(-c2nc(C)c(CCO)s2)cc1C. The van der Waals surface area contributed by atoms with Gasteiger partial charge in [0.15, 0.2) is 0 Å². The van der Waals surface area contributed by atoms with Gasteiger partial charge in [-0.1, -0.05) is 12.1 Å². The molecule has 17 heavy (non-hydrogen) atoms. The van der Waals surface area contributed by atoms with Crippen molar-refractivity contribution in [1.82, 2.24) is 4.98 Å². The molecule has 90 valence electrons. The van der Waals surface area contributed by atoms with Gasteiger partial charge in [0, 0.05) is 23.5 Å². The van der Waals surface area contributed by atoms with Gasteiger partial charge in [0.05, 0.1) is 5.69 Å². The van der Waals surface area contributed by atoms with Gasteiger partial charge < -0.3 is 5.11 Å². The average molecular weight is 247 g/mol. The Labute approximate surface area is 106 Å². The van der Waals surface area contributed by atoms with E-state index >= 15 is 0 Å². The van der Waals surface area contributed by atoms with E-state index in [-0.39, 0.29) is 6.61 Å². The molecule has 1 N–H and O–H groups in total. The Bertz CT molecular complexity index is 531. The van der Waals surface area contributed by atoms with Crippen LogP contribution in [0.25, 0.3) is 10.6 Å². The van der Waals surface area contributed by atoms with Crippen molar-refractivity contribution in [3.05, 3.63) is 39.9 Å². The second-order valence-electron chi connectivity index (χ2n) is 4.30. The molecule has 0 atom stereocenters. The molecule has 0 saturated heterocycles. The van der Waals surface area contributed by atoms with Gasteiger partial charge in [-0.2, -0.15) is 0 Å². The molecule has 2 rings (SSSR count). The minimum Gasteiger partial charge on any atom is -0.396 e. The van der Waals surface area contributed by atoms with Crippen molar-refractivity contribution < 1.29 is 5.11 Å². The Morgan fingerprint density at radius 2 is 1.94 bits per heavy atom. The zero-order chi connectivity index (χ0) is 12.4. The van der Waals surface area contributed by atoms with Crippen LogP contribution in [0.5, 0.6) is 0 Å². The number of thiazole rings is 1. The first-order valence-corrected chi connectivity index (χ1v) is 6.58. The van der Waals surface area contributed by atoms with E-state index in [1.165, 1.54) is 21.6 Å². The summed E-state index contributed by atoms with van der Waals surface area (Å²) in [5, 5.41) is 10.0. The Balaban J connectivity index is 2.39. The van der Waals surface area contributed by atoms with E-state index in [1.807, 2.05) is 6.92 Å². The van der Waals surface area contributed by atoms with E-state index in [0.29, 0.717) is 6.42 Å². The molecule has 0 unspecified atom stereocenters. The van der Waals surface area contributed by atoms with E-state index in [1.54, 1.807) is 11.3 Å². The molecule has 2 aromatic rings. The third kappa shape index (κ3) is 2.56. The predicted molar refractivity (Wildman–Crippen MR) is 72.6 cm³/mol. The van der Waals surface area contributed by atoms with Crippen LogP contribution in [0, 0.1) is 20.8 Å². The fraction of sp³-hybridized carbons (Fsp3) is 0.357. The highest BCUT2D eigenvalue weighted by molar-refractivity contribution is 7.15. The third-order valence-corrected chi connectivity index (χ3v) is 4.25. The van der Waals surface area contributed by atoms with E-state index < -0.39 is 0 Å². The summed E-state index contributed by atoms with van der Waals surface area (Å²) in [6.45, 7) is 6.43. The Kier molecular flexibility index (Phi) is 3.60. The lowest BCUT2D eigenvalue weighted by Crippen LogP contribution is -1.88. The van der Waals surface area contributed by atoms with Crippen molar-refractivity contribution in [1.29, 1.82) is 0 Å². The molecule has 0 radical (unpaired) electrons. The summed E-state index contributed by atoms with van der Waals surface area (Å²) in [5.41, 5.74) is 4.80. The zero-order valence-corrected chi connectivity index (χ0v) is 11.3. The molecule has 1 heterocycles. The lowest BCUT2D eigenvalue weighted by molar-refractivity contribution is 0.300. The fourth-order valence-corrected chi connectivity index (χ4v) is 2.81. The number of rotatable bonds is 3. The quantitative estimate of drug-likeness (QED) is 0.903. The number of benzene rings is 1. The summed E-state index contributed by atoms with van der Waals surface area (Å²) < 4.78 is 0. The molecule has 0 bridgehead atoms. The van der Waals surface area contributed by atoms with Gasteiger partial charge in [0.25, 0.3) is 0 Å². The second-order valence-corrected chi connectivity index (χ2v) is 5.38. The fourth-order valence-electron chi connectivity index (χ4n) is 1.76. The lowest BCUT2D eigenvalue weighted by atomic mass is 10.1. The highest BCUT2D eigenvalue weighted by Gasteiger charge is 2.09. The van der Waals surface area contributed by atoms with Crippen LogP contribution in [0.3, 0.4) is 0 Å². The topological polar surface area (TPSA) is 33.1 Å². The molecule has 0 fully saturated rings. The van der Waals surface area contributed by atoms with Crippen LogP contribution in [-0.4, -0.2) is 16.7 Å². The number of aromatic nitrogens is 1. The second kappa shape index (κ2) is 4.98. The molecule has 0 aliphatic carbocycles. The van der Waals surface area contributed by atoms with Crippen LogP contribution in [0.2, 0.25) is 0 Å². The first-order valence-electron chi connectivity index (χ1n) is 5.76. The van der Waals surface area contributed by atoms with Crippen molar-refractivity contribution in [2.75, 3.05) is 6.61 Å². The van der Waals surface area contributed by atoms with Crippen LogP contribution in [-0.2, 0) is 6.42 Å². The minimum absolute atomic E-state index is 0.190. The van der Waals surface area contributed by atoms with E-state index in [4.69, 9.17) is 5.11 Å². The zero-order valence-electron chi connectivity index (χ0n) is 10.4. The number of nitrogens with zero attached hydrogens (tertiary/aromatic N) is 1. The highest BCUT2D eigenvalue weighted by Crippen LogP contribution is 2.29. The Morgan fingerprint density at radius 3 is 2.59 bits per heavy atom. The van der Waals surface area contributed by atoms with Crippen LogP contribution in [0.15, 0.2) is 18.2 Å². The van der Waals surface area contributed by atoms with Gasteiger partial charge in [-0.25, -0.2) is 4.98 Å². The monoisotopic (exact) mass is 247 g/mol.